The number of thiocarbonyl (C=S) groups is 1. The maximum absolute atomic E-state index is 12.8. The molecule has 0 radical (unpaired) electrons. The van der Waals surface area contributed by atoms with Crippen LogP contribution in [0.4, 0.5) is 13.2 Å². The maximum atomic E-state index is 12.8. The van der Waals surface area contributed by atoms with Crippen molar-refractivity contribution in [2.75, 3.05) is 7.05 Å². The highest BCUT2D eigenvalue weighted by Crippen LogP contribution is 2.34. The van der Waals surface area contributed by atoms with Crippen molar-refractivity contribution >= 4 is 23.2 Å². The first-order valence-corrected chi connectivity index (χ1v) is 8.32. The first kappa shape index (κ1) is 17.7. The molecule has 0 saturated heterocycles. The van der Waals surface area contributed by atoms with Crippen LogP contribution in [-0.4, -0.2) is 29.0 Å². The third kappa shape index (κ3) is 3.63. The summed E-state index contributed by atoms with van der Waals surface area (Å²) in [5.41, 5.74) is 0.995. The summed E-state index contributed by atoms with van der Waals surface area (Å²) in [5, 5.41) is 6.41. The topological polar surface area (TPSA) is 44.4 Å². The summed E-state index contributed by atoms with van der Waals surface area (Å²) >= 11 is 5.28. The molecule has 1 aromatic rings. The zero-order valence-electron chi connectivity index (χ0n) is 13.8. The number of alkyl halides is 3. The summed E-state index contributed by atoms with van der Waals surface area (Å²) in [6, 6.07) is 4.40. The lowest BCUT2D eigenvalue weighted by Gasteiger charge is -2.36. The Kier molecular flexibility index (Phi) is 4.49. The third-order valence-corrected chi connectivity index (χ3v) is 4.87. The Balaban J connectivity index is 1.96. The summed E-state index contributed by atoms with van der Waals surface area (Å²) in [6.07, 6.45) is -2.50. The molecule has 134 valence electrons. The van der Waals surface area contributed by atoms with E-state index in [-0.39, 0.29) is 11.9 Å². The van der Waals surface area contributed by atoms with E-state index >= 15 is 0 Å². The van der Waals surface area contributed by atoms with E-state index in [2.05, 4.69) is 10.6 Å². The first-order chi connectivity index (χ1) is 11.7. The average Bonchev–Trinajstić information content (AvgIpc) is 3.35. The molecule has 1 atom stereocenters. The van der Waals surface area contributed by atoms with Gasteiger partial charge in [-0.3, -0.25) is 4.79 Å². The zero-order valence-corrected chi connectivity index (χ0v) is 14.6. The van der Waals surface area contributed by atoms with Gasteiger partial charge in [0.15, 0.2) is 5.11 Å². The number of carbonyl (C=O) groups excluding carboxylic acids is 1. The number of halogens is 3. The molecule has 1 amide bonds. The van der Waals surface area contributed by atoms with E-state index in [0.717, 1.165) is 25.0 Å². The highest BCUT2D eigenvalue weighted by atomic mass is 32.1. The van der Waals surface area contributed by atoms with Crippen molar-refractivity contribution in [1.82, 2.24) is 15.5 Å². The van der Waals surface area contributed by atoms with Crippen LogP contribution in [0.5, 0.6) is 0 Å². The largest absolute Gasteiger partial charge is 0.416 e. The molecule has 1 saturated carbocycles. The van der Waals surface area contributed by atoms with Gasteiger partial charge in [0, 0.05) is 18.8 Å². The molecule has 0 unspecified atom stereocenters. The third-order valence-electron chi connectivity index (χ3n) is 4.48. The molecule has 0 aromatic heterocycles. The van der Waals surface area contributed by atoms with Gasteiger partial charge in [-0.2, -0.15) is 13.2 Å². The van der Waals surface area contributed by atoms with Gasteiger partial charge < -0.3 is 15.5 Å². The Morgan fingerprint density at radius 1 is 1.28 bits per heavy atom. The number of benzene rings is 1. The quantitative estimate of drug-likeness (QED) is 0.804. The fraction of sp³-hybridized carbons (Fsp3) is 0.412. The number of hydrogen-bond acceptors (Lipinski definition) is 2. The van der Waals surface area contributed by atoms with Gasteiger partial charge in [0.25, 0.3) is 5.91 Å². The minimum Gasteiger partial charge on any atom is -0.351 e. The van der Waals surface area contributed by atoms with Gasteiger partial charge in [0.2, 0.25) is 0 Å². The molecule has 1 heterocycles. The molecule has 3 rings (SSSR count). The lowest BCUT2D eigenvalue weighted by molar-refractivity contribution is -0.137. The van der Waals surface area contributed by atoms with Crippen molar-refractivity contribution in [2.45, 2.75) is 38.0 Å². The predicted octanol–water partition coefficient (Wildman–Crippen LogP) is 3.12. The highest BCUT2D eigenvalue weighted by Gasteiger charge is 2.36. The minimum atomic E-state index is -4.40. The number of allylic oxidation sites excluding steroid dienone is 1. The van der Waals surface area contributed by atoms with Crippen LogP contribution in [0.15, 0.2) is 35.5 Å². The molecule has 1 aliphatic heterocycles. The van der Waals surface area contributed by atoms with Crippen LogP contribution >= 0.6 is 12.2 Å². The van der Waals surface area contributed by atoms with Crippen LogP contribution in [0.2, 0.25) is 0 Å². The molecule has 1 aromatic carbocycles. The van der Waals surface area contributed by atoms with Gasteiger partial charge in [-0.15, -0.1) is 0 Å². The van der Waals surface area contributed by atoms with Gasteiger partial charge in [-0.25, -0.2) is 0 Å². The standard InChI is InChI=1S/C17H18F3N3OS/c1-9-13(15(24)21-12-7-8-12)14(22-16(25)23(9)2)10-3-5-11(6-4-10)17(18,19)20/h3-6,12,14H,7-8H2,1-2H3,(H,21,24)(H,22,25)/t14-/m1/s1. The number of hydrogen-bond donors (Lipinski definition) is 2. The fourth-order valence-electron chi connectivity index (χ4n) is 2.74. The van der Waals surface area contributed by atoms with Crippen LogP contribution in [0.1, 0.15) is 36.9 Å². The average molecular weight is 369 g/mol. The molecular formula is C17H18F3N3OS. The number of nitrogens with zero attached hydrogens (tertiary/aromatic N) is 1. The highest BCUT2D eigenvalue weighted by molar-refractivity contribution is 7.80. The van der Waals surface area contributed by atoms with E-state index < -0.39 is 17.8 Å². The maximum Gasteiger partial charge on any atom is 0.416 e. The van der Waals surface area contributed by atoms with Crippen molar-refractivity contribution < 1.29 is 18.0 Å². The molecule has 8 heteroatoms. The minimum absolute atomic E-state index is 0.181. The molecule has 1 aliphatic carbocycles. The molecule has 1 fully saturated rings. The van der Waals surface area contributed by atoms with Crippen LogP contribution in [0.3, 0.4) is 0 Å². The van der Waals surface area contributed by atoms with Crippen LogP contribution in [0.25, 0.3) is 0 Å². The monoisotopic (exact) mass is 369 g/mol. The van der Waals surface area contributed by atoms with Crippen molar-refractivity contribution in [3.8, 4) is 0 Å². The van der Waals surface area contributed by atoms with Crippen molar-refractivity contribution in [2.24, 2.45) is 0 Å². The van der Waals surface area contributed by atoms with Crippen molar-refractivity contribution in [3.05, 3.63) is 46.7 Å². The molecule has 2 N–H and O–H groups in total. The molecule has 4 nitrogen and oxygen atoms in total. The normalized spacial score (nSPS) is 21.2. The van der Waals surface area contributed by atoms with E-state index in [9.17, 15) is 18.0 Å². The first-order valence-electron chi connectivity index (χ1n) is 7.91. The summed E-state index contributed by atoms with van der Waals surface area (Å²) < 4.78 is 38.3. The van der Waals surface area contributed by atoms with E-state index in [1.54, 1.807) is 18.9 Å². The number of carbonyl (C=O) groups is 1. The van der Waals surface area contributed by atoms with Gasteiger partial charge in [0.05, 0.1) is 17.2 Å². The summed E-state index contributed by atoms with van der Waals surface area (Å²) in [4.78, 5) is 14.4. The lowest BCUT2D eigenvalue weighted by Crippen LogP contribution is -2.47. The second kappa shape index (κ2) is 6.33. The van der Waals surface area contributed by atoms with E-state index in [4.69, 9.17) is 12.2 Å². The van der Waals surface area contributed by atoms with Gasteiger partial charge >= 0.3 is 6.18 Å². The number of nitrogens with one attached hydrogen (secondary N) is 2. The van der Waals surface area contributed by atoms with Gasteiger partial charge in [0.1, 0.15) is 0 Å². The van der Waals surface area contributed by atoms with E-state index in [0.29, 0.717) is 21.9 Å². The Morgan fingerprint density at radius 3 is 2.40 bits per heavy atom. The van der Waals surface area contributed by atoms with Crippen LogP contribution < -0.4 is 10.6 Å². The van der Waals surface area contributed by atoms with Crippen LogP contribution in [-0.2, 0) is 11.0 Å². The molecular weight excluding hydrogens is 351 g/mol. The van der Waals surface area contributed by atoms with E-state index in [1.165, 1.54) is 12.1 Å². The molecule has 0 bridgehead atoms. The molecule has 2 aliphatic rings. The Bertz CT molecular complexity index is 739. The Labute approximate surface area is 149 Å². The summed E-state index contributed by atoms with van der Waals surface area (Å²) in [7, 11) is 1.75. The SMILES string of the molecule is CC1=C(C(=O)NC2CC2)[C@@H](c2ccc(C(F)(F)F)cc2)NC(=S)N1C. The molecule has 0 spiro atoms. The predicted molar refractivity (Wildman–Crippen MR) is 91.5 cm³/mol. The Morgan fingerprint density at radius 2 is 1.88 bits per heavy atom. The summed E-state index contributed by atoms with van der Waals surface area (Å²) in [5.74, 6) is -0.216. The second-order valence-corrected chi connectivity index (χ2v) is 6.69. The fourth-order valence-corrected chi connectivity index (χ4v) is 2.99. The van der Waals surface area contributed by atoms with Gasteiger partial charge in [-0.1, -0.05) is 12.1 Å². The molecule has 25 heavy (non-hydrogen) atoms. The van der Waals surface area contributed by atoms with Gasteiger partial charge in [-0.05, 0) is 49.7 Å². The smallest absolute Gasteiger partial charge is 0.351 e. The number of amides is 1. The zero-order chi connectivity index (χ0) is 18.4. The number of rotatable bonds is 3. The lowest BCUT2D eigenvalue weighted by atomic mass is 9.93. The van der Waals surface area contributed by atoms with E-state index in [1.807, 2.05) is 0 Å². The Hall–Kier alpha value is -2.09. The van der Waals surface area contributed by atoms with Crippen molar-refractivity contribution in [1.29, 1.82) is 0 Å². The summed E-state index contributed by atoms with van der Waals surface area (Å²) in [6.45, 7) is 1.78. The van der Waals surface area contributed by atoms with Crippen LogP contribution in [0, 0.1) is 0 Å². The van der Waals surface area contributed by atoms with Crippen molar-refractivity contribution in [3.63, 3.8) is 0 Å². The second-order valence-electron chi connectivity index (χ2n) is 6.31.